The first-order valence-electron chi connectivity index (χ1n) is 10.8. The molecule has 2 amide bonds. The third-order valence-electron chi connectivity index (χ3n) is 7.05. The average molecular weight is 588 g/mol. The second kappa shape index (κ2) is 8.29. The molecule has 1 aromatic carbocycles. The van der Waals surface area contributed by atoms with Crippen LogP contribution < -0.4 is 5.32 Å². The zero-order valence-electron chi connectivity index (χ0n) is 18.2. The number of benzene rings is 1. The number of hydrogen-bond donors (Lipinski definition) is 1. The van der Waals surface area contributed by atoms with Gasteiger partial charge < -0.3 is 10.2 Å². The first kappa shape index (κ1) is 26.6. The Kier molecular flexibility index (Phi) is 6.13. The van der Waals surface area contributed by atoms with Crippen LogP contribution in [0.5, 0.6) is 0 Å². The molecule has 2 saturated carbocycles. The predicted octanol–water partition coefficient (Wildman–Crippen LogP) is 5.29. The van der Waals surface area contributed by atoms with E-state index in [0.29, 0.717) is 17.0 Å². The summed E-state index contributed by atoms with van der Waals surface area (Å²) in [7, 11) is 0. The van der Waals surface area contributed by atoms with Crippen LogP contribution in [-0.2, 0) is 21.7 Å². The molecule has 3 fully saturated rings. The minimum absolute atomic E-state index is 0.123. The Hall–Kier alpha value is -2.43. The molecule has 5 nitrogen and oxygen atoms in total. The van der Waals surface area contributed by atoms with Crippen molar-refractivity contribution in [2.24, 2.45) is 11.3 Å². The lowest BCUT2D eigenvalue weighted by Crippen LogP contribution is -2.53. The SMILES string of the molecule is N#CC1(NC(=O)[C@@H]2CC(C(F)(F)c3ccc(Br)cc3C(F)(F)F)CN2C(=O)C2(C(F)(F)F)CC2)CC1. The van der Waals surface area contributed by atoms with Crippen LogP contribution in [0.4, 0.5) is 35.1 Å². The minimum Gasteiger partial charge on any atom is -0.336 e. The van der Waals surface area contributed by atoms with E-state index in [1.807, 2.05) is 6.07 Å². The molecule has 0 aromatic heterocycles. The number of alkyl halides is 8. The lowest BCUT2D eigenvalue weighted by molar-refractivity contribution is -0.199. The maximum Gasteiger partial charge on any atom is 0.416 e. The summed E-state index contributed by atoms with van der Waals surface area (Å²) in [6.07, 6.45) is -11.8. The van der Waals surface area contributed by atoms with Crippen LogP contribution in [0.2, 0.25) is 0 Å². The number of nitriles is 1. The van der Waals surface area contributed by atoms with Crippen molar-refractivity contribution in [3.63, 3.8) is 0 Å². The average Bonchev–Trinajstić information content (AvgIpc) is 3.68. The van der Waals surface area contributed by atoms with Crippen molar-refractivity contribution in [1.82, 2.24) is 10.2 Å². The van der Waals surface area contributed by atoms with Gasteiger partial charge in [0, 0.05) is 22.5 Å². The Labute approximate surface area is 207 Å². The maximum absolute atomic E-state index is 15.6. The number of nitrogens with zero attached hydrogens (tertiary/aromatic N) is 2. The third kappa shape index (κ3) is 4.43. The standard InChI is InChI=1S/C22H18BrF8N3O2/c23-12-1-2-13(14(8-12)21(26,27)28)20(24,25)11-7-15(16(35)33-18(10-32)3-4-18)34(9-11)17(36)19(5-6-19)22(29,30)31/h1-2,8,11,15H,3-7,9H2,(H,33,35)/t11?,15-/m0/s1. The van der Waals surface area contributed by atoms with E-state index in [4.69, 9.17) is 0 Å². The summed E-state index contributed by atoms with van der Waals surface area (Å²) in [4.78, 5) is 26.2. The number of likely N-dealkylation sites (tertiary alicyclic amines) is 1. The molecule has 1 aliphatic heterocycles. The van der Waals surface area contributed by atoms with E-state index in [1.54, 1.807) is 0 Å². The molecule has 196 valence electrons. The summed E-state index contributed by atoms with van der Waals surface area (Å²) in [5, 5.41) is 11.5. The van der Waals surface area contributed by atoms with E-state index in [1.165, 1.54) is 0 Å². The fraction of sp³-hybridized carbons (Fsp3) is 0.591. The van der Waals surface area contributed by atoms with Gasteiger partial charge >= 0.3 is 12.4 Å². The molecule has 14 heteroatoms. The van der Waals surface area contributed by atoms with Gasteiger partial charge in [-0.2, -0.15) is 31.6 Å². The molecule has 1 heterocycles. The Bertz CT molecular complexity index is 1140. The quantitative estimate of drug-likeness (QED) is 0.476. The molecule has 0 spiro atoms. The lowest BCUT2D eigenvalue weighted by Gasteiger charge is -2.30. The number of hydrogen-bond acceptors (Lipinski definition) is 3. The summed E-state index contributed by atoms with van der Waals surface area (Å²) >= 11 is 2.80. The van der Waals surface area contributed by atoms with Gasteiger partial charge in [0.2, 0.25) is 11.8 Å². The topological polar surface area (TPSA) is 73.2 Å². The van der Waals surface area contributed by atoms with Crippen LogP contribution in [0.25, 0.3) is 0 Å². The molecule has 3 aliphatic rings. The zero-order valence-corrected chi connectivity index (χ0v) is 19.8. The highest BCUT2D eigenvalue weighted by Crippen LogP contribution is 2.60. The molecule has 1 N–H and O–H groups in total. The summed E-state index contributed by atoms with van der Waals surface area (Å²) < 4.78 is 112. The summed E-state index contributed by atoms with van der Waals surface area (Å²) in [6.45, 7) is -1.06. The Morgan fingerprint density at radius 3 is 2.11 bits per heavy atom. The van der Waals surface area contributed by atoms with Crippen LogP contribution in [0, 0.1) is 22.7 Å². The Morgan fingerprint density at radius 1 is 1.03 bits per heavy atom. The predicted molar refractivity (Wildman–Crippen MR) is 110 cm³/mol. The number of carbonyl (C=O) groups excluding carboxylic acids is 2. The van der Waals surface area contributed by atoms with Gasteiger partial charge in [0.1, 0.15) is 17.0 Å². The maximum atomic E-state index is 15.6. The van der Waals surface area contributed by atoms with E-state index in [0.717, 1.165) is 6.07 Å². The molecular formula is C22H18BrF8N3O2. The van der Waals surface area contributed by atoms with E-state index >= 15 is 8.78 Å². The summed E-state index contributed by atoms with van der Waals surface area (Å²) in [5.74, 6) is -8.99. The van der Waals surface area contributed by atoms with E-state index in [2.05, 4.69) is 21.2 Å². The van der Waals surface area contributed by atoms with Gasteiger partial charge in [-0.05, 0) is 44.2 Å². The first-order chi connectivity index (χ1) is 16.5. The van der Waals surface area contributed by atoms with Gasteiger partial charge in [-0.25, -0.2) is 8.78 Å². The van der Waals surface area contributed by atoms with Crippen molar-refractivity contribution in [2.75, 3.05) is 6.54 Å². The summed E-state index contributed by atoms with van der Waals surface area (Å²) in [5.41, 5.74) is -7.19. The van der Waals surface area contributed by atoms with Crippen LogP contribution in [0.1, 0.15) is 43.2 Å². The molecule has 1 saturated heterocycles. The molecule has 36 heavy (non-hydrogen) atoms. The molecule has 1 aromatic rings. The van der Waals surface area contributed by atoms with Crippen LogP contribution in [0.15, 0.2) is 22.7 Å². The Balaban J connectivity index is 1.70. The number of rotatable bonds is 5. The van der Waals surface area contributed by atoms with Crippen molar-refractivity contribution in [3.05, 3.63) is 33.8 Å². The highest BCUT2D eigenvalue weighted by molar-refractivity contribution is 9.10. The van der Waals surface area contributed by atoms with Crippen molar-refractivity contribution in [3.8, 4) is 6.07 Å². The monoisotopic (exact) mass is 587 g/mol. The molecule has 2 aliphatic carbocycles. The fourth-order valence-corrected chi connectivity index (χ4v) is 4.92. The second-order valence-corrected chi connectivity index (χ2v) is 10.4. The molecular weight excluding hydrogens is 570 g/mol. The molecule has 4 rings (SSSR count). The highest BCUT2D eigenvalue weighted by atomic mass is 79.9. The first-order valence-corrected chi connectivity index (χ1v) is 11.6. The molecule has 1 unspecified atom stereocenters. The van der Waals surface area contributed by atoms with Gasteiger partial charge in [0.25, 0.3) is 5.92 Å². The largest absolute Gasteiger partial charge is 0.416 e. The van der Waals surface area contributed by atoms with Gasteiger partial charge in [-0.15, -0.1) is 0 Å². The van der Waals surface area contributed by atoms with Gasteiger partial charge in [-0.3, -0.25) is 9.59 Å². The number of amides is 2. The van der Waals surface area contributed by atoms with Crippen molar-refractivity contribution < 1.29 is 44.7 Å². The zero-order chi connectivity index (χ0) is 26.9. The normalized spacial score (nSPS) is 24.7. The fourth-order valence-electron chi connectivity index (χ4n) is 4.56. The number of halogens is 9. The van der Waals surface area contributed by atoms with Crippen LogP contribution >= 0.6 is 15.9 Å². The second-order valence-electron chi connectivity index (χ2n) is 9.48. The van der Waals surface area contributed by atoms with Gasteiger partial charge in [0.05, 0.1) is 11.6 Å². The third-order valence-corrected chi connectivity index (χ3v) is 7.55. The van der Waals surface area contributed by atoms with Crippen molar-refractivity contribution in [2.45, 2.75) is 62.0 Å². The van der Waals surface area contributed by atoms with Crippen molar-refractivity contribution in [1.29, 1.82) is 5.26 Å². The van der Waals surface area contributed by atoms with E-state index in [-0.39, 0.29) is 17.3 Å². The van der Waals surface area contributed by atoms with Gasteiger partial charge in [-0.1, -0.05) is 22.0 Å². The van der Waals surface area contributed by atoms with Crippen molar-refractivity contribution >= 4 is 27.7 Å². The lowest BCUT2D eigenvalue weighted by atomic mass is 9.89. The van der Waals surface area contributed by atoms with Crippen LogP contribution in [-0.4, -0.2) is 41.0 Å². The molecule has 2 atom stereocenters. The number of nitrogens with one attached hydrogen (secondary N) is 1. The molecule has 0 bridgehead atoms. The Morgan fingerprint density at radius 2 is 1.64 bits per heavy atom. The van der Waals surface area contributed by atoms with E-state index < -0.39 is 89.9 Å². The van der Waals surface area contributed by atoms with Gasteiger partial charge in [0.15, 0.2) is 0 Å². The smallest absolute Gasteiger partial charge is 0.336 e. The minimum atomic E-state index is -5.17. The molecule has 0 radical (unpaired) electrons. The van der Waals surface area contributed by atoms with E-state index in [9.17, 15) is 41.2 Å². The summed E-state index contributed by atoms with van der Waals surface area (Å²) in [6, 6.07) is 2.00. The highest BCUT2D eigenvalue weighted by Gasteiger charge is 2.71. The van der Waals surface area contributed by atoms with Crippen LogP contribution in [0.3, 0.4) is 0 Å². The number of carbonyl (C=O) groups is 2.